The first-order chi connectivity index (χ1) is 8.18. The minimum Gasteiger partial charge on any atom is -0.339 e. The molecule has 98 valence electrons. The molecule has 2 saturated heterocycles. The molecule has 2 aliphatic heterocycles. The van der Waals surface area contributed by atoms with Crippen LogP contribution in [-0.2, 0) is 4.79 Å². The molecule has 0 aliphatic carbocycles. The summed E-state index contributed by atoms with van der Waals surface area (Å²) in [6, 6.07) is 0.138. The molecule has 0 spiro atoms. The Hall–Kier alpha value is -0.220. The second kappa shape index (κ2) is 6.10. The average Bonchev–Trinajstić information content (AvgIpc) is 2.76. The Labute approximate surface area is 108 Å². The maximum Gasteiger partial charge on any atom is 0.239 e. The first kappa shape index (κ1) is 13.2. The van der Waals surface area contributed by atoms with Gasteiger partial charge in [-0.2, -0.15) is 11.8 Å². The van der Waals surface area contributed by atoms with Gasteiger partial charge in [-0.3, -0.25) is 4.79 Å². The third kappa shape index (κ3) is 3.38. The van der Waals surface area contributed by atoms with Gasteiger partial charge in [0.15, 0.2) is 0 Å². The van der Waals surface area contributed by atoms with Gasteiger partial charge in [0.2, 0.25) is 5.91 Å². The second-order valence-electron chi connectivity index (χ2n) is 5.42. The van der Waals surface area contributed by atoms with Gasteiger partial charge in [-0.05, 0) is 56.5 Å². The Balaban J connectivity index is 1.81. The van der Waals surface area contributed by atoms with Crippen LogP contribution in [0.3, 0.4) is 0 Å². The molecule has 2 atom stereocenters. The van der Waals surface area contributed by atoms with Crippen LogP contribution in [0.2, 0.25) is 0 Å². The van der Waals surface area contributed by atoms with Gasteiger partial charge in [0.25, 0.3) is 0 Å². The summed E-state index contributed by atoms with van der Waals surface area (Å²) in [6.07, 6.45) is 5.64. The predicted molar refractivity (Wildman–Crippen MR) is 73.1 cm³/mol. The predicted octanol–water partition coefficient (Wildman–Crippen LogP) is 1.86. The summed E-state index contributed by atoms with van der Waals surface area (Å²) in [5.41, 5.74) is 6.09. The molecule has 2 fully saturated rings. The van der Waals surface area contributed by atoms with Crippen LogP contribution < -0.4 is 5.73 Å². The van der Waals surface area contributed by atoms with Gasteiger partial charge in [-0.1, -0.05) is 0 Å². The molecular formula is C13H24N2OS. The number of hydrogen-bond acceptors (Lipinski definition) is 3. The molecule has 2 rings (SSSR count). The van der Waals surface area contributed by atoms with Crippen LogP contribution in [0.15, 0.2) is 0 Å². The van der Waals surface area contributed by atoms with Crippen molar-refractivity contribution in [2.75, 3.05) is 18.1 Å². The molecule has 0 aromatic rings. The van der Waals surface area contributed by atoms with Crippen molar-refractivity contribution in [1.82, 2.24) is 4.90 Å². The lowest BCUT2D eigenvalue weighted by Crippen LogP contribution is -2.46. The van der Waals surface area contributed by atoms with Crippen LogP contribution in [0.5, 0.6) is 0 Å². The zero-order chi connectivity index (χ0) is 12.3. The average molecular weight is 256 g/mol. The van der Waals surface area contributed by atoms with Gasteiger partial charge in [-0.15, -0.1) is 0 Å². The Morgan fingerprint density at radius 2 is 2.12 bits per heavy atom. The number of nitrogens with two attached hydrogens (primary N) is 1. The number of amides is 1. The second-order valence-corrected chi connectivity index (χ2v) is 6.65. The summed E-state index contributed by atoms with van der Waals surface area (Å²) in [6.45, 7) is 3.04. The van der Waals surface area contributed by atoms with E-state index < -0.39 is 0 Å². The van der Waals surface area contributed by atoms with E-state index in [2.05, 4.69) is 6.92 Å². The number of carbonyl (C=O) groups excluding carboxylic acids is 1. The summed E-state index contributed by atoms with van der Waals surface area (Å²) < 4.78 is 0. The van der Waals surface area contributed by atoms with Gasteiger partial charge < -0.3 is 10.6 Å². The smallest absolute Gasteiger partial charge is 0.239 e. The van der Waals surface area contributed by atoms with Crippen LogP contribution in [-0.4, -0.2) is 40.9 Å². The Kier molecular flexibility index (Phi) is 4.74. The fourth-order valence-electron chi connectivity index (χ4n) is 2.92. The summed E-state index contributed by atoms with van der Waals surface area (Å²) in [5.74, 6) is 3.35. The van der Waals surface area contributed by atoms with Crippen LogP contribution in [0, 0.1) is 5.92 Å². The Morgan fingerprint density at radius 3 is 2.71 bits per heavy atom. The molecule has 0 radical (unpaired) electrons. The first-order valence-corrected chi connectivity index (χ1v) is 7.97. The molecule has 17 heavy (non-hydrogen) atoms. The van der Waals surface area contributed by atoms with Gasteiger partial charge in [0, 0.05) is 12.6 Å². The van der Waals surface area contributed by atoms with Crippen LogP contribution in [0.4, 0.5) is 0 Å². The number of likely N-dealkylation sites (tertiary alicyclic amines) is 1. The molecule has 1 amide bonds. The maximum atomic E-state index is 12.2. The number of hydrogen-bond donors (Lipinski definition) is 1. The topological polar surface area (TPSA) is 46.3 Å². The molecular weight excluding hydrogens is 232 g/mol. The van der Waals surface area contributed by atoms with Crippen molar-refractivity contribution in [2.45, 2.75) is 51.1 Å². The molecule has 4 heteroatoms. The third-order valence-corrected chi connectivity index (χ3v) is 5.13. The minimum atomic E-state index is -0.261. The van der Waals surface area contributed by atoms with E-state index in [0.29, 0.717) is 12.0 Å². The molecule has 2 N–H and O–H groups in total. The van der Waals surface area contributed by atoms with Crippen LogP contribution in [0.25, 0.3) is 0 Å². The highest BCUT2D eigenvalue weighted by Gasteiger charge is 2.30. The maximum absolute atomic E-state index is 12.2. The molecule has 0 saturated carbocycles. The van der Waals surface area contributed by atoms with Crippen molar-refractivity contribution in [1.29, 1.82) is 0 Å². The Morgan fingerprint density at radius 1 is 1.41 bits per heavy atom. The standard InChI is InChI=1S/C13H24N2OS/c1-10-3-2-6-15(10)13(16)12(14)9-11-4-7-17-8-5-11/h10-12H,2-9,14H2,1H3/t10-,12+/m1/s1. The van der Waals surface area contributed by atoms with Crippen molar-refractivity contribution in [2.24, 2.45) is 11.7 Å². The van der Waals surface area contributed by atoms with E-state index >= 15 is 0 Å². The zero-order valence-electron chi connectivity index (χ0n) is 10.7. The van der Waals surface area contributed by atoms with Crippen LogP contribution >= 0.6 is 11.8 Å². The van der Waals surface area contributed by atoms with E-state index in [9.17, 15) is 4.79 Å². The quantitative estimate of drug-likeness (QED) is 0.838. The molecule has 2 aliphatic rings. The van der Waals surface area contributed by atoms with E-state index in [0.717, 1.165) is 25.8 Å². The van der Waals surface area contributed by atoms with E-state index in [1.807, 2.05) is 16.7 Å². The number of carbonyl (C=O) groups is 1. The molecule has 3 nitrogen and oxygen atoms in total. The molecule has 0 bridgehead atoms. The van der Waals surface area contributed by atoms with Crippen molar-refractivity contribution < 1.29 is 4.79 Å². The van der Waals surface area contributed by atoms with Gasteiger partial charge in [0.05, 0.1) is 6.04 Å². The summed E-state index contributed by atoms with van der Waals surface area (Å²) in [7, 11) is 0. The number of thioether (sulfide) groups is 1. The normalized spacial score (nSPS) is 28.4. The van der Waals surface area contributed by atoms with E-state index in [1.54, 1.807) is 0 Å². The monoisotopic (exact) mass is 256 g/mol. The highest BCUT2D eigenvalue weighted by molar-refractivity contribution is 7.99. The van der Waals surface area contributed by atoms with E-state index in [1.165, 1.54) is 24.3 Å². The fourth-order valence-corrected chi connectivity index (χ4v) is 4.12. The van der Waals surface area contributed by atoms with E-state index in [-0.39, 0.29) is 11.9 Å². The van der Waals surface area contributed by atoms with Crippen molar-refractivity contribution in [3.63, 3.8) is 0 Å². The first-order valence-electron chi connectivity index (χ1n) is 6.82. The highest BCUT2D eigenvalue weighted by Crippen LogP contribution is 2.27. The van der Waals surface area contributed by atoms with Crippen molar-refractivity contribution in [3.05, 3.63) is 0 Å². The summed E-state index contributed by atoms with van der Waals surface area (Å²) in [4.78, 5) is 14.2. The number of rotatable bonds is 3. The van der Waals surface area contributed by atoms with Crippen molar-refractivity contribution >= 4 is 17.7 Å². The van der Waals surface area contributed by atoms with Gasteiger partial charge in [-0.25, -0.2) is 0 Å². The molecule has 0 aromatic heterocycles. The zero-order valence-corrected chi connectivity index (χ0v) is 11.5. The molecule has 2 heterocycles. The lowest BCUT2D eigenvalue weighted by molar-refractivity contribution is -0.133. The fraction of sp³-hybridized carbons (Fsp3) is 0.923. The molecule has 0 unspecified atom stereocenters. The van der Waals surface area contributed by atoms with Crippen LogP contribution in [0.1, 0.15) is 39.0 Å². The third-order valence-electron chi connectivity index (χ3n) is 4.08. The lowest BCUT2D eigenvalue weighted by Gasteiger charge is -2.28. The van der Waals surface area contributed by atoms with E-state index in [4.69, 9.17) is 5.73 Å². The largest absolute Gasteiger partial charge is 0.339 e. The number of nitrogens with zero attached hydrogens (tertiary/aromatic N) is 1. The lowest BCUT2D eigenvalue weighted by atomic mass is 9.94. The summed E-state index contributed by atoms with van der Waals surface area (Å²) in [5, 5.41) is 0. The SMILES string of the molecule is C[C@@H]1CCCN1C(=O)[C@@H](N)CC1CCSCC1. The Bertz CT molecular complexity index is 266. The minimum absolute atomic E-state index is 0.188. The van der Waals surface area contributed by atoms with Gasteiger partial charge in [0.1, 0.15) is 0 Å². The van der Waals surface area contributed by atoms with Gasteiger partial charge >= 0.3 is 0 Å². The highest BCUT2D eigenvalue weighted by atomic mass is 32.2. The van der Waals surface area contributed by atoms with Crippen molar-refractivity contribution in [3.8, 4) is 0 Å². The summed E-state index contributed by atoms with van der Waals surface area (Å²) >= 11 is 2.02. The molecule has 0 aromatic carbocycles.